The second kappa shape index (κ2) is 5.18. The van der Waals surface area contributed by atoms with Gasteiger partial charge in [0.05, 0.1) is 0 Å². The van der Waals surface area contributed by atoms with Gasteiger partial charge in [-0.1, -0.05) is 0 Å². The molecular formula is C15H19N3O. The van der Waals surface area contributed by atoms with E-state index in [1.165, 1.54) is 5.56 Å². The standard InChI is InChI=1S/C15H19N3O/c16-8-11-4-2-6-14(11)19-15-12(9-17)7-10-3-1-5-13(10)18-15/h7,11,14H,1-6,8,16H2. The molecule has 0 bridgehead atoms. The molecule has 1 aromatic heterocycles. The fraction of sp³-hybridized carbons (Fsp3) is 0.600. The maximum absolute atomic E-state index is 9.25. The Bertz CT molecular complexity index is 521. The van der Waals surface area contributed by atoms with Crippen LogP contribution in [0.4, 0.5) is 0 Å². The zero-order chi connectivity index (χ0) is 13.2. The normalized spacial score (nSPS) is 25.1. The van der Waals surface area contributed by atoms with Gasteiger partial charge in [-0.25, -0.2) is 4.98 Å². The SMILES string of the molecule is N#Cc1cc2c(nc1OC1CCCC1CN)CCC2. The molecule has 0 radical (unpaired) electrons. The fourth-order valence-corrected chi connectivity index (χ4v) is 3.19. The monoisotopic (exact) mass is 257 g/mol. The van der Waals surface area contributed by atoms with Crippen molar-refractivity contribution in [2.45, 2.75) is 44.6 Å². The zero-order valence-electron chi connectivity index (χ0n) is 11.1. The molecule has 2 unspecified atom stereocenters. The molecule has 2 atom stereocenters. The Morgan fingerprint density at radius 3 is 3.05 bits per heavy atom. The van der Waals surface area contributed by atoms with Crippen LogP contribution in [0.5, 0.6) is 5.88 Å². The Labute approximate surface area is 113 Å². The number of nitriles is 1. The third-order valence-electron chi connectivity index (χ3n) is 4.29. The Morgan fingerprint density at radius 1 is 1.37 bits per heavy atom. The van der Waals surface area contributed by atoms with E-state index in [0.29, 0.717) is 23.9 Å². The number of ether oxygens (including phenoxy) is 1. The second-order valence-electron chi connectivity index (χ2n) is 5.50. The first-order valence-electron chi connectivity index (χ1n) is 7.11. The fourth-order valence-electron chi connectivity index (χ4n) is 3.19. The third-order valence-corrected chi connectivity index (χ3v) is 4.29. The topological polar surface area (TPSA) is 71.9 Å². The molecule has 1 saturated carbocycles. The van der Waals surface area contributed by atoms with E-state index in [2.05, 4.69) is 11.1 Å². The maximum Gasteiger partial charge on any atom is 0.232 e. The molecular weight excluding hydrogens is 238 g/mol. The van der Waals surface area contributed by atoms with Crippen molar-refractivity contribution >= 4 is 0 Å². The molecule has 2 aliphatic carbocycles. The summed E-state index contributed by atoms with van der Waals surface area (Å²) in [6.07, 6.45) is 6.59. The van der Waals surface area contributed by atoms with Crippen molar-refractivity contribution in [3.63, 3.8) is 0 Å². The minimum atomic E-state index is 0.129. The van der Waals surface area contributed by atoms with Crippen LogP contribution in [-0.2, 0) is 12.8 Å². The van der Waals surface area contributed by atoms with Crippen molar-refractivity contribution in [3.05, 3.63) is 22.9 Å². The molecule has 19 heavy (non-hydrogen) atoms. The van der Waals surface area contributed by atoms with Crippen LogP contribution in [0.15, 0.2) is 6.07 Å². The highest BCUT2D eigenvalue weighted by Crippen LogP contribution is 2.32. The summed E-state index contributed by atoms with van der Waals surface area (Å²) in [5.74, 6) is 0.926. The van der Waals surface area contributed by atoms with Crippen molar-refractivity contribution in [1.82, 2.24) is 4.98 Å². The highest BCUT2D eigenvalue weighted by Gasteiger charge is 2.29. The molecule has 1 fully saturated rings. The molecule has 0 saturated heterocycles. The van der Waals surface area contributed by atoms with E-state index in [9.17, 15) is 5.26 Å². The molecule has 0 amide bonds. The van der Waals surface area contributed by atoms with E-state index < -0.39 is 0 Å². The molecule has 0 aliphatic heterocycles. The van der Waals surface area contributed by atoms with Gasteiger partial charge in [-0.15, -0.1) is 0 Å². The Morgan fingerprint density at radius 2 is 2.26 bits per heavy atom. The number of hydrogen-bond donors (Lipinski definition) is 1. The van der Waals surface area contributed by atoms with Crippen LogP contribution in [0.3, 0.4) is 0 Å². The highest BCUT2D eigenvalue weighted by molar-refractivity contribution is 5.44. The summed E-state index contributed by atoms with van der Waals surface area (Å²) in [7, 11) is 0. The molecule has 0 spiro atoms. The molecule has 1 aromatic rings. The lowest BCUT2D eigenvalue weighted by molar-refractivity contribution is 0.155. The van der Waals surface area contributed by atoms with Crippen molar-refractivity contribution < 1.29 is 4.74 Å². The van der Waals surface area contributed by atoms with Crippen LogP contribution < -0.4 is 10.5 Å². The number of nitrogens with zero attached hydrogens (tertiary/aromatic N) is 2. The second-order valence-corrected chi connectivity index (χ2v) is 5.50. The van der Waals surface area contributed by atoms with Crippen LogP contribution in [0.2, 0.25) is 0 Å². The molecule has 3 rings (SSSR count). The molecule has 2 aliphatic rings. The van der Waals surface area contributed by atoms with Crippen molar-refractivity contribution in [2.24, 2.45) is 11.7 Å². The Kier molecular flexibility index (Phi) is 3.39. The van der Waals surface area contributed by atoms with Gasteiger partial charge in [0.15, 0.2) is 0 Å². The van der Waals surface area contributed by atoms with Crippen molar-refractivity contribution in [1.29, 1.82) is 5.26 Å². The van der Waals surface area contributed by atoms with Gasteiger partial charge in [0, 0.05) is 11.6 Å². The number of aryl methyl sites for hydroxylation is 2. The van der Waals surface area contributed by atoms with E-state index >= 15 is 0 Å². The maximum atomic E-state index is 9.25. The first-order chi connectivity index (χ1) is 9.31. The summed E-state index contributed by atoms with van der Waals surface area (Å²) in [5.41, 5.74) is 8.67. The van der Waals surface area contributed by atoms with Gasteiger partial charge in [0.2, 0.25) is 5.88 Å². The summed E-state index contributed by atoms with van der Waals surface area (Å²) < 4.78 is 6.01. The van der Waals surface area contributed by atoms with Gasteiger partial charge in [-0.3, -0.25) is 0 Å². The van der Waals surface area contributed by atoms with E-state index in [-0.39, 0.29) is 6.10 Å². The lowest BCUT2D eigenvalue weighted by Gasteiger charge is -2.20. The molecule has 2 N–H and O–H groups in total. The van der Waals surface area contributed by atoms with Crippen molar-refractivity contribution in [3.8, 4) is 11.9 Å². The average Bonchev–Trinajstić information content (AvgIpc) is 3.05. The Hall–Kier alpha value is -1.60. The molecule has 0 aromatic carbocycles. The number of aromatic nitrogens is 1. The lowest BCUT2D eigenvalue weighted by atomic mass is 10.1. The van der Waals surface area contributed by atoms with E-state index in [1.807, 2.05) is 6.07 Å². The molecule has 4 heteroatoms. The van der Waals surface area contributed by atoms with E-state index in [4.69, 9.17) is 10.5 Å². The summed E-state index contributed by atoms with van der Waals surface area (Å²) in [6, 6.07) is 4.17. The van der Waals surface area contributed by atoms with Crippen LogP contribution >= 0.6 is 0 Å². The largest absolute Gasteiger partial charge is 0.473 e. The van der Waals surface area contributed by atoms with Gasteiger partial charge in [0.25, 0.3) is 0 Å². The van der Waals surface area contributed by atoms with Gasteiger partial charge in [-0.2, -0.15) is 5.26 Å². The molecule has 100 valence electrons. The smallest absolute Gasteiger partial charge is 0.232 e. The third kappa shape index (κ3) is 2.31. The summed E-state index contributed by atoms with van der Waals surface area (Å²) in [6.45, 7) is 0.650. The highest BCUT2D eigenvalue weighted by atomic mass is 16.5. The number of rotatable bonds is 3. The number of fused-ring (bicyclic) bond motifs is 1. The van der Waals surface area contributed by atoms with Crippen LogP contribution in [-0.4, -0.2) is 17.6 Å². The van der Waals surface area contributed by atoms with Crippen molar-refractivity contribution in [2.75, 3.05) is 6.54 Å². The minimum Gasteiger partial charge on any atom is -0.473 e. The van der Waals surface area contributed by atoms with Gasteiger partial charge in [-0.05, 0) is 56.7 Å². The molecule has 4 nitrogen and oxygen atoms in total. The number of nitrogens with two attached hydrogens (primary N) is 1. The van der Waals surface area contributed by atoms with Gasteiger partial charge >= 0.3 is 0 Å². The van der Waals surface area contributed by atoms with Crippen LogP contribution in [0.1, 0.15) is 42.5 Å². The van der Waals surface area contributed by atoms with E-state index in [0.717, 1.165) is 44.2 Å². The van der Waals surface area contributed by atoms with Gasteiger partial charge in [0.1, 0.15) is 17.7 Å². The quantitative estimate of drug-likeness (QED) is 0.898. The lowest BCUT2D eigenvalue weighted by Crippen LogP contribution is -2.28. The van der Waals surface area contributed by atoms with Crippen LogP contribution in [0, 0.1) is 17.2 Å². The Balaban J connectivity index is 1.86. The summed E-state index contributed by atoms with van der Waals surface area (Å²) >= 11 is 0. The van der Waals surface area contributed by atoms with Crippen LogP contribution in [0.25, 0.3) is 0 Å². The first kappa shape index (κ1) is 12.4. The predicted molar refractivity (Wildman–Crippen MR) is 71.8 cm³/mol. The summed E-state index contributed by atoms with van der Waals surface area (Å²) in [5, 5.41) is 9.25. The zero-order valence-corrected chi connectivity index (χ0v) is 11.1. The molecule has 1 heterocycles. The minimum absolute atomic E-state index is 0.129. The first-order valence-corrected chi connectivity index (χ1v) is 7.11. The van der Waals surface area contributed by atoms with E-state index in [1.54, 1.807) is 0 Å². The number of hydrogen-bond acceptors (Lipinski definition) is 4. The number of pyridine rings is 1. The van der Waals surface area contributed by atoms with Gasteiger partial charge < -0.3 is 10.5 Å². The average molecular weight is 257 g/mol. The summed E-state index contributed by atoms with van der Waals surface area (Å²) in [4.78, 5) is 4.57. The predicted octanol–water partition coefficient (Wildman–Crippen LogP) is 1.95.